The summed E-state index contributed by atoms with van der Waals surface area (Å²) >= 11 is 0. The van der Waals surface area contributed by atoms with Gasteiger partial charge in [0.15, 0.2) is 5.69 Å². The zero-order chi connectivity index (χ0) is 12.4. The van der Waals surface area contributed by atoms with Crippen LogP contribution < -0.4 is 0 Å². The molecule has 0 aromatic carbocycles. The van der Waals surface area contributed by atoms with Gasteiger partial charge in [-0.3, -0.25) is 14.8 Å². The van der Waals surface area contributed by atoms with Crippen LogP contribution >= 0.6 is 0 Å². The maximum absolute atomic E-state index is 10.8. The molecule has 2 rings (SSSR count). The lowest BCUT2D eigenvalue weighted by molar-refractivity contribution is -0.387. The Morgan fingerprint density at radius 1 is 1.59 bits per heavy atom. The molecular formula is C10H15N3O4. The van der Waals surface area contributed by atoms with E-state index in [0.717, 1.165) is 6.42 Å². The summed E-state index contributed by atoms with van der Waals surface area (Å²) in [5, 5.41) is 14.7. The zero-order valence-electron chi connectivity index (χ0n) is 9.83. The molecule has 7 nitrogen and oxygen atoms in total. The molecule has 0 saturated carbocycles. The molecule has 0 aliphatic carbocycles. The van der Waals surface area contributed by atoms with Gasteiger partial charge in [-0.25, -0.2) is 0 Å². The van der Waals surface area contributed by atoms with Crippen LogP contribution in [0.25, 0.3) is 0 Å². The Hall–Kier alpha value is -1.47. The highest BCUT2D eigenvalue weighted by atomic mass is 16.7. The third-order valence-corrected chi connectivity index (χ3v) is 2.93. The topological polar surface area (TPSA) is 79.4 Å². The summed E-state index contributed by atoms with van der Waals surface area (Å²) in [5.74, 6) is 0.360. The van der Waals surface area contributed by atoms with Crippen molar-refractivity contribution in [1.29, 1.82) is 0 Å². The van der Waals surface area contributed by atoms with Gasteiger partial charge in [0, 0.05) is 13.0 Å². The van der Waals surface area contributed by atoms with Crippen LogP contribution in [0, 0.1) is 16.0 Å². The second-order valence-corrected chi connectivity index (χ2v) is 4.07. The molecule has 2 heterocycles. The van der Waals surface area contributed by atoms with Crippen LogP contribution in [-0.2, 0) is 16.5 Å². The van der Waals surface area contributed by atoms with Gasteiger partial charge in [-0.05, 0) is 6.42 Å². The van der Waals surface area contributed by atoms with Crippen molar-refractivity contribution in [2.45, 2.75) is 19.6 Å². The van der Waals surface area contributed by atoms with Crippen molar-refractivity contribution in [3.8, 4) is 0 Å². The summed E-state index contributed by atoms with van der Waals surface area (Å²) in [6.07, 6.45) is 1.50. The molecule has 1 aliphatic rings. The van der Waals surface area contributed by atoms with Crippen LogP contribution in [0.2, 0.25) is 0 Å². The number of ether oxygens (including phenoxy) is 2. The van der Waals surface area contributed by atoms with Crippen molar-refractivity contribution < 1.29 is 14.4 Å². The number of hydrogen-bond acceptors (Lipinski definition) is 5. The molecule has 17 heavy (non-hydrogen) atoms. The van der Waals surface area contributed by atoms with Crippen molar-refractivity contribution in [3.63, 3.8) is 0 Å². The molecule has 0 amide bonds. The van der Waals surface area contributed by atoms with E-state index in [0.29, 0.717) is 24.8 Å². The van der Waals surface area contributed by atoms with Crippen molar-refractivity contribution in [1.82, 2.24) is 9.78 Å². The third kappa shape index (κ3) is 2.29. The number of rotatable bonds is 3. The first kappa shape index (κ1) is 12.0. The quantitative estimate of drug-likeness (QED) is 0.590. The monoisotopic (exact) mass is 241 g/mol. The summed E-state index contributed by atoms with van der Waals surface area (Å²) in [4.78, 5) is 10.4. The van der Waals surface area contributed by atoms with Crippen LogP contribution in [0.5, 0.6) is 0 Å². The highest BCUT2D eigenvalue weighted by Gasteiger charge is 2.32. The molecule has 1 aromatic rings. The largest absolute Gasteiger partial charge is 0.346 e. The first-order chi connectivity index (χ1) is 8.13. The minimum atomic E-state index is -0.689. The first-order valence-corrected chi connectivity index (χ1v) is 5.53. The van der Waals surface area contributed by atoms with Crippen LogP contribution in [-0.4, -0.2) is 27.9 Å². The normalized spacial score (nSPS) is 24.8. The van der Waals surface area contributed by atoms with E-state index in [9.17, 15) is 10.1 Å². The molecule has 0 atom stereocenters. The van der Waals surface area contributed by atoms with Gasteiger partial charge in [-0.15, -0.1) is 0 Å². The van der Waals surface area contributed by atoms with E-state index in [-0.39, 0.29) is 5.69 Å². The summed E-state index contributed by atoms with van der Waals surface area (Å²) in [6.45, 7) is 3.18. The Kier molecular flexibility index (Phi) is 3.39. The van der Waals surface area contributed by atoms with Crippen molar-refractivity contribution in [2.24, 2.45) is 13.0 Å². The summed E-state index contributed by atoms with van der Waals surface area (Å²) < 4.78 is 12.4. The van der Waals surface area contributed by atoms with Crippen LogP contribution in [0.4, 0.5) is 5.69 Å². The van der Waals surface area contributed by atoms with Gasteiger partial charge in [0.25, 0.3) is 0 Å². The molecule has 0 N–H and O–H groups in total. The molecule has 0 unspecified atom stereocenters. The molecule has 1 fully saturated rings. The standard InChI is InChI=1S/C10H15N3O4/c1-3-7-5-16-10(17-6-7)9-8(13(14)15)4-11-12(9)2/h4,7,10H,3,5-6H2,1-2H3. The minimum Gasteiger partial charge on any atom is -0.346 e. The Morgan fingerprint density at radius 2 is 2.24 bits per heavy atom. The Labute approximate surface area is 98.5 Å². The van der Waals surface area contributed by atoms with E-state index >= 15 is 0 Å². The van der Waals surface area contributed by atoms with Gasteiger partial charge in [-0.1, -0.05) is 6.92 Å². The summed E-state index contributed by atoms with van der Waals surface area (Å²) in [5.41, 5.74) is 0.303. The minimum absolute atomic E-state index is 0.0625. The third-order valence-electron chi connectivity index (χ3n) is 2.93. The van der Waals surface area contributed by atoms with Crippen LogP contribution in [0.15, 0.2) is 6.20 Å². The summed E-state index contributed by atoms with van der Waals surface area (Å²) in [6, 6.07) is 0. The molecule has 7 heteroatoms. The van der Waals surface area contributed by atoms with E-state index in [1.165, 1.54) is 10.9 Å². The van der Waals surface area contributed by atoms with Gasteiger partial charge >= 0.3 is 5.69 Å². The SMILES string of the molecule is CCC1COC(c2c([N+](=O)[O-])cnn2C)OC1. The lowest BCUT2D eigenvalue weighted by Gasteiger charge is -2.28. The fraction of sp³-hybridized carbons (Fsp3) is 0.700. The van der Waals surface area contributed by atoms with Gasteiger partial charge in [-0.2, -0.15) is 5.10 Å². The molecule has 94 valence electrons. The molecule has 1 aliphatic heterocycles. The van der Waals surface area contributed by atoms with E-state index in [1.54, 1.807) is 7.05 Å². The number of nitro groups is 1. The molecule has 0 spiro atoms. The number of hydrogen-bond donors (Lipinski definition) is 0. The van der Waals surface area contributed by atoms with Crippen LogP contribution in [0.3, 0.4) is 0 Å². The first-order valence-electron chi connectivity index (χ1n) is 5.53. The van der Waals surface area contributed by atoms with Gasteiger partial charge in [0.1, 0.15) is 6.20 Å². The fourth-order valence-corrected chi connectivity index (χ4v) is 1.79. The second-order valence-electron chi connectivity index (χ2n) is 4.07. The zero-order valence-corrected chi connectivity index (χ0v) is 9.83. The molecular weight excluding hydrogens is 226 g/mol. The number of nitrogens with zero attached hydrogens (tertiary/aromatic N) is 3. The van der Waals surface area contributed by atoms with Gasteiger partial charge in [0.2, 0.25) is 6.29 Å². The average molecular weight is 241 g/mol. The highest BCUT2D eigenvalue weighted by Crippen LogP contribution is 2.31. The molecule has 0 radical (unpaired) electrons. The van der Waals surface area contributed by atoms with Gasteiger partial charge < -0.3 is 9.47 Å². The number of aromatic nitrogens is 2. The molecule has 1 saturated heterocycles. The Morgan fingerprint density at radius 3 is 2.76 bits per heavy atom. The highest BCUT2D eigenvalue weighted by molar-refractivity contribution is 5.33. The smallest absolute Gasteiger partial charge is 0.315 e. The van der Waals surface area contributed by atoms with Crippen LogP contribution in [0.1, 0.15) is 25.3 Å². The van der Waals surface area contributed by atoms with E-state index in [2.05, 4.69) is 12.0 Å². The lowest BCUT2D eigenvalue weighted by Crippen LogP contribution is -2.28. The maximum Gasteiger partial charge on any atom is 0.315 e. The van der Waals surface area contributed by atoms with E-state index < -0.39 is 11.2 Å². The lowest BCUT2D eigenvalue weighted by atomic mass is 10.1. The maximum atomic E-state index is 10.8. The Bertz CT molecular complexity index is 410. The summed E-state index contributed by atoms with van der Waals surface area (Å²) in [7, 11) is 1.64. The molecule has 1 aromatic heterocycles. The van der Waals surface area contributed by atoms with Crippen molar-refractivity contribution >= 4 is 5.69 Å². The van der Waals surface area contributed by atoms with E-state index in [1.807, 2.05) is 0 Å². The second kappa shape index (κ2) is 4.80. The fourth-order valence-electron chi connectivity index (χ4n) is 1.79. The predicted octanol–water partition coefficient (Wildman–Crippen LogP) is 1.40. The van der Waals surface area contributed by atoms with Crippen molar-refractivity contribution in [3.05, 3.63) is 22.0 Å². The van der Waals surface area contributed by atoms with E-state index in [4.69, 9.17) is 9.47 Å². The Balaban J connectivity index is 2.18. The predicted molar refractivity (Wildman–Crippen MR) is 58.3 cm³/mol. The average Bonchev–Trinajstić information content (AvgIpc) is 2.71. The molecule has 0 bridgehead atoms. The van der Waals surface area contributed by atoms with Crippen molar-refractivity contribution in [2.75, 3.05) is 13.2 Å². The number of aryl methyl sites for hydroxylation is 1. The van der Waals surface area contributed by atoms with Gasteiger partial charge in [0.05, 0.1) is 18.1 Å².